The minimum atomic E-state index is -1.15. The first kappa shape index (κ1) is 13.2. The fraction of sp³-hybridized carbons (Fsp3) is 0.143. The van der Waals surface area contributed by atoms with E-state index in [9.17, 15) is 9.59 Å². The number of carboxylic acid groups (broad SMARTS) is 1. The van der Waals surface area contributed by atoms with Gasteiger partial charge in [-0.3, -0.25) is 4.79 Å². The number of amides is 1. The normalized spacial score (nSPS) is 13.7. The number of carboxylic acids is 1. The molecule has 0 aliphatic carbocycles. The fourth-order valence-corrected chi connectivity index (χ4v) is 2.29. The monoisotopic (exact) mass is 284 g/mol. The zero-order valence-corrected chi connectivity index (χ0v) is 11.0. The highest BCUT2D eigenvalue weighted by Gasteiger charge is 2.25. The molecule has 0 spiro atoms. The van der Waals surface area contributed by atoms with E-state index in [0.717, 1.165) is 11.1 Å². The Labute approximate surface area is 120 Å². The summed E-state index contributed by atoms with van der Waals surface area (Å²) in [5, 5.41) is 19.4. The molecule has 1 aliphatic rings. The molecule has 106 valence electrons. The summed E-state index contributed by atoms with van der Waals surface area (Å²) in [5.41, 5.74) is 2.15. The van der Waals surface area contributed by atoms with Crippen LogP contribution in [0.3, 0.4) is 0 Å². The molecule has 7 nitrogen and oxygen atoms in total. The van der Waals surface area contributed by atoms with Gasteiger partial charge in [0.1, 0.15) is 0 Å². The molecule has 1 amide bonds. The van der Waals surface area contributed by atoms with E-state index in [0.29, 0.717) is 25.3 Å². The molecular weight excluding hydrogens is 272 g/mol. The first-order valence-electron chi connectivity index (χ1n) is 6.32. The number of hydrogen-bond acceptors (Lipinski definition) is 5. The summed E-state index contributed by atoms with van der Waals surface area (Å²) in [7, 11) is 0. The van der Waals surface area contributed by atoms with Crippen LogP contribution in [0.2, 0.25) is 0 Å². The zero-order chi connectivity index (χ0) is 14.8. The number of benzene rings is 1. The van der Waals surface area contributed by atoms with Gasteiger partial charge < -0.3 is 5.11 Å². The number of aromatic carboxylic acids is 1. The van der Waals surface area contributed by atoms with Crippen LogP contribution in [0.25, 0.3) is 0 Å². The van der Waals surface area contributed by atoms with Crippen molar-refractivity contribution in [3.8, 4) is 0 Å². The van der Waals surface area contributed by atoms with E-state index < -0.39 is 5.97 Å². The Bertz CT molecular complexity index is 662. The molecule has 0 bridgehead atoms. The second-order valence-electron chi connectivity index (χ2n) is 4.62. The SMILES string of the molecule is O=CN(c1ccc(C(=O)O)nn1)N1Cc2ccccc2C1. The lowest BCUT2D eigenvalue weighted by molar-refractivity contribution is -0.110. The molecule has 2 aromatic rings. The molecule has 0 fully saturated rings. The molecule has 21 heavy (non-hydrogen) atoms. The summed E-state index contributed by atoms with van der Waals surface area (Å²) < 4.78 is 0. The van der Waals surface area contributed by atoms with Crippen molar-refractivity contribution in [2.45, 2.75) is 13.1 Å². The van der Waals surface area contributed by atoms with Gasteiger partial charge in [-0.25, -0.2) is 14.8 Å². The molecule has 0 atom stereocenters. The number of fused-ring (bicyclic) bond motifs is 1. The highest BCUT2D eigenvalue weighted by molar-refractivity contribution is 5.85. The number of nitrogens with zero attached hydrogens (tertiary/aromatic N) is 4. The number of carbonyl (C=O) groups is 2. The van der Waals surface area contributed by atoms with E-state index in [1.807, 2.05) is 29.3 Å². The average Bonchev–Trinajstić information content (AvgIpc) is 2.92. The third kappa shape index (κ3) is 2.46. The Hall–Kier alpha value is -2.80. The first-order chi connectivity index (χ1) is 10.2. The van der Waals surface area contributed by atoms with Crippen LogP contribution in [0.15, 0.2) is 36.4 Å². The van der Waals surface area contributed by atoms with Crippen LogP contribution in [0.5, 0.6) is 0 Å². The molecular formula is C14H12N4O3. The number of aromatic nitrogens is 2. The zero-order valence-electron chi connectivity index (χ0n) is 11.0. The number of carbonyl (C=O) groups excluding carboxylic acids is 1. The van der Waals surface area contributed by atoms with Gasteiger partial charge in [-0.1, -0.05) is 24.3 Å². The van der Waals surface area contributed by atoms with Crippen molar-refractivity contribution in [3.05, 3.63) is 53.2 Å². The average molecular weight is 284 g/mol. The number of hydrogen-bond donors (Lipinski definition) is 1. The van der Waals surface area contributed by atoms with E-state index in [2.05, 4.69) is 10.2 Å². The van der Waals surface area contributed by atoms with Gasteiger partial charge in [0.2, 0.25) is 6.41 Å². The molecule has 0 unspecified atom stereocenters. The topological polar surface area (TPSA) is 86.6 Å². The van der Waals surface area contributed by atoms with Gasteiger partial charge in [0.15, 0.2) is 11.5 Å². The van der Waals surface area contributed by atoms with Gasteiger partial charge in [0.25, 0.3) is 0 Å². The third-order valence-corrected chi connectivity index (χ3v) is 3.33. The van der Waals surface area contributed by atoms with Gasteiger partial charge in [-0.05, 0) is 23.3 Å². The highest BCUT2D eigenvalue weighted by Crippen LogP contribution is 2.25. The summed E-state index contributed by atoms with van der Waals surface area (Å²) in [6, 6.07) is 10.7. The lowest BCUT2D eigenvalue weighted by atomic mass is 10.1. The highest BCUT2D eigenvalue weighted by atomic mass is 16.4. The van der Waals surface area contributed by atoms with Crippen LogP contribution in [-0.2, 0) is 17.9 Å². The molecule has 1 N–H and O–H groups in total. The van der Waals surface area contributed by atoms with Gasteiger partial charge >= 0.3 is 5.97 Å². The molecule has 3 rings (SSSR count). The van der Waals surface area contributed by atoms with Crippen LogP contribution in [-0.4, -0.2) is 32.7 Å². The van der Waals surface area contributed by atoms with Crippen LogP contribution in [0, 0.1) is 0 Å². The lowest BCUT2D eigenvalue weighted by Gasteiger charge is -2.26. The van der Waals surface area contributed by atoms with Gasteiger partial charge in [0.05, 0.1) is 0 Å². The van der Waals surface area contributed by atoms with E-state index in [4.69, 9.17) is 5.11 Å². The minimum absolute atomic E-state index is 0.158. The number of hydrazine groups is 1. The number of anilines is 1. The predicted octanol–water partition coefficient (Wildman–Crippen LogP) is 1.07. The van der Waals surface area contributed by atoms with Gasteiger partial charge in [0, 0.05) is 13.1 Å². The van der Waals surface area contributed by atoms with Crippen molar-refractivity contribution >= 4 is 18.2 Å². The molecule has 1 aromatic heterocycles. The first-order valence-corrected chi connectivity index (χ1v) is 6.32. The van der Waals surface area contributed by atoms with Crippen LogP contribution >= 0.6 is 0 Å². The third-order valence-electron chi connectivity index (χ3n) is 3.33. The molecule has 1 aromatic carbocycles. The summed E-state index contributed by atoms with van der Waals surface area (Å²) in [4.78, 5) is 22.1. The maximum Gasteiger partial charge on any atom is 0.356 e. The largest absolute Gasteiger partial charge is 0.476 e. The minimum Gasteiger partial charge on any atom is -0.476 e. The van der Waals surface area contributed by atoms with E-state index >= 15 is 0 Å². The van der Waals surface area contributed by atoms with E-state index in [-0.39, 0.29) is 5.69 Å². The van der Waals surface area contributed by atoms with Crippen molar-refractivity contribution < 1.29 is 14.7 Å². The Morgan fingerprint density at radius 1 is 1.14 bits per heavy atom. The van der Waals surface area contributed by atoms with Crippen molar-refractivity contribution in [3.63, 3.8) is 0 Å². The predicted molar refractivity (Wildman–Crippen MR) is 73.2 cm³/mol. The summed E-state index contributed by atoms with van der Waals surface area (Å²) in [5.74, 6) is -0.858. The quantitative estimate of drug-likeness (QED) is 0.845. The molecule has 0 saturated heterocycles. The number of rotatable bonds is 4. The molecule has 7 heteroatoms. The van der Waals surface area contributed by atoms with E-state index in [1.54, 1.807) is 0 Å². The molecule has 1 aliphatic heterocycles. The molecule has 0 radical (unpaired) electrons. The summed E-state index contributed by atoms with van der Waals surface area (Å²) >= 11 is 0. The van der Waals surface area contributed by atoms with Crippen molar-refractivity contribution in [2.75, 3.05) is 5.01 Å². The second-order valence-corrected chi connectivity index (χ2v) is 4.62. The lowest BCUT2D eigenvalue weighted by Crippen LogP contribution is -2.38. The van der Waals surface area contributed by atoms with Crippen LogP contribution < -0.4 is 5.01 Å². The van der Waals surface area contributed by atoms with Gasteiger partial charge in [-0.2, -0.15) is 0 Å². The Morgan fingerprint density at radius 3 is 2.29 bits per heavy atom. The van der Waals surface area contributed by atoms with Crippen molar-refractivity contribution in [1.82, 2.24) is 15.2 Å². The second kappa shape index (κ2) is 5.29. The summed E-state index contributed by atoms with van der Waals surface area (Å²) in [6.07, 6.45) is 0.649. The Kier molecular flexibility index (Phi) is 3.33. The Balaban J connectivity index is 1.83. The van der Waals surface area contributed by atoms with Crippen molar-refractivity contribution in [1.29, 1.82) is 0 Å². The van der Waals surface area contributed by atoms with Crippen LogP contribution in [0.1, 0.15) is 21.6 Å². The van der Waals surface area contributed by atoms with Crippen LogP contribution in [0.4, 0.5) is 5.82 Å². The van der Waals surface area contributed by atoms with E-state index in [1.165, 1.54) is 17.1 Å². The Morgan fingerprint density at radius 2 is 1.81 bits per heavy atom. The standard InChI is InChI=1S/C14H12N4O3/c19-9-18(13-6-5-12(14(20)21)15-16-13)17-7-10-3-1-2-4-11(10)8-17/h1-6,9H,7-8H2,(H,20,21). The molecule has 2 heterocycles. The maximum absolute atomic E-state index is 11.4. The molecule has 0 saturated carbocycles. The van der Waals surface area contributed by atoms with Crippen molar-refractivity contribution in [2.24, 2.45) is 0 Å². The van der Waals surface area contributed by atoms with Gasteiger partial charge in [-0.15, -0.1) is 10.2 Å². The summed E-state index contributed by atoms with van der Waals surface area (Å²) in [6.45, 7) is 1.19. The fourth-order valence-electron chi connectivity index (χ4n) is 2.29. The smallest absolute Gasteiger partial charge is 0.356 e. The maximum atomic E-state index is 11.4.